The van der Waals surface area contributed by atoms with Gasteiger partial charge in [0.05, 0.1) is 10.0 Å². The summed E-state index contributed by atoms with van der Waals surface area (Å²) >= 11 is 12.6. The van der Waals surface area contributed by atoms with Crippen molar-refractivity contribution in [1.29, 1.82) is 0 Å². The Balaban J connectivity index is 2.31. The predicted octanol–water partition coefficient (Wildman–Crippen LogP) is 3.20. The van der Waals surface area contributed by atoms with Crippen LogP contribution in [-0.2, 0) is 10.0 Å². The molecule has 2 rings (SSSR count). The number of aliphatic hydroxyl groups excluding tert-OH is 1. The Morgan fingerprint density at radius 3 is 2.67 bits per heavy atom. The molecule has 0 saturated heterocycles. The van der Waals surface area contributed by atoms with Gasteiger partial charge >= 0.3 is 0 Å². The molecule has 0 saturated carbocycles. The van der Waals surface area contributed by atoms with E-state index in [0.29, 0.717) is 15.6 Å². The summed E-state index contributed by atoms with van der Waals surface area (Å²) in [6.45, 7) is -0.265. The van der Waals surface area contributed by atoms with Crippen LogP contribution in [0.1, 0.15) is 5.56 Å². The molecule has 0 amide bonds. The predicted molar refractivity (Wildman–Crippen MR) is 85.6 cm³/mol. The van der Waals surface area contributed by atoms with Crippen LogP contribution in [0.4, 0.5) is 5.69 Å². The summed E-state index contributed by atoms with van der Waals surface area (Å²) in [6.07, 6.45) is 0. The van der Waals surface area contributed by atoms with E-state index in [4.69, 9.17) is 28.3 Å². The molecule has 2 N–H and O–H groups in total. The quantitative estimate of drug-likeness (QED) is 0.824. The molecule has 0 fully saturated rings. The summed E-state index contributed by atoms with van der Waals surface area (Å²) in [5.74, 6) is 5.19. The van der Waals surface area contributed by atoms with E-state index < -0.39 is 10.0 Å². The van der Waals surface area contributed by atoms with Gasteiger partial charge in [0.15, 0.2) is 0 Å². The first-order valence-electron chi connectivity index (χ1n) is 5.60. The third-order valence-electron chi connectivity index (χ3n) is 2.34. The van der Waals surface area contributed by atoms with Gasteiger partial charge in [-0.2, -0.15) is 0 Å². The van der Waals surface area contributed by atoms with Gasteiger partial charge < -0.3 is 5.11 Å². The molecule has 2 aromatic rings. The molecule has 0 aliphatic carbocycles. The molecule has 21 heavy (non-hydrogen) atoms. The number of benzene rings is 1. The fourth-order valence-electron chi connectivity index (χ4n) is 1.52. The first-order chi connectivity index (χ1) is 9.92. The largest absolute Gasteiger partial charge is 0.384 e. The van der Waals surface area contributed by atoms with Crippen LogP contribution < -0.4 is 4.72 Å². The molecule has 0 atom stereocenters. The molecule has 0 spiro atoms. The maximum atomic E-state index is 12.2. The van der Waals surface area contributed by atoms with Crippen molar-refractivity contribution in [2.45, 2.75) is 4.90 Å². The highest BCUT2D eigenvalue weighted by Crippen LogP contribution is 2.35. The maximum absolute atomic E-state index is 12.2. The fraction of sp³-hybridized carbons (Fsp3) is 0.0769. The van der Waals surface area contributed by atoms with E-state index in [1.54, 1.807) is 24.3 Å². The fourth-order valence-corrected chi connectivity index (χ4v) is 4.72. The average Bonchev–Trinajstić information content (AvgIpc) is 2.76. The van der Waals surface area contributed by atoms with Gasteiger partial charge in [0.25, 0.3) is 10.0 Å². The Kier molecular flexibility index (Phi) is 5.14. The first-order valence-corrected chi connectivity index (χ1v) is 8.65. The number of sulfonamides is 1. The van der Waals surface area contributed by atoms with Crippen molar-refractivity contribution in [3.05, 3.63) is 44.6 Å². The molecule has 0 unspecified atom stereocenters. The lowest BCUT2D eigenvalue weighted by atomic mass is 10.2. The molecular weight excluding hydrogens is 353 g/mol. The molecule has 1 aromatic carbocycles. The van der Waals surface area contributed by atoms with Crippen molar-refractivity contribution < 1.29 is 13.5 Å². The van der Waals surface area contributed by atoms with Gasteiger partial charge in [-0.1, -0.05) is 41.1 Å². The molecule has 1 heterocycles. The van der Waals surface area contributed by atoms with Crippen LogP contribution in [-0.4, -0.2) is 20.1 Å². The lowest BCUT2D eigenvalue weighted by Gasteiger charge is -2.07. The van der Waals surface area contributed by atoms with Crippen LogP contribution in [0.15, 0.2) is 35.2 Å². The minimum Gasteiger partial charge on any atom is -0.384 e. The normalized spacial score (nSPS) is 10.8. The standard InChI is InChI=1S/C13H9Cl2NO3S2/c14-12-8-11(13(15)20-12)21(18,19)16-10-5-1-3-9(7-10)4-2-6-17/h1,3,5,7-8,16-17H,6H2. The van der Waals surface area contributed by atoms with Gasteiger partial charge in [-0.05, 0) is 24.3 Å². The maximum Gasteiger partial charge on any atom is 0.264 e. The number of halogens is 2. The summed E-state index contributed by atoms with van der Waals surface area (Å²) < 4.78 is 27.3. The smallest absolute Gasteiger partial charge is 0.264 e. The number of hydrogen-bond donors (Lipinski definition) is 2. The van der Waals surface area contributed by atoms with Crippen LogP contribution in [0.5, 0.6) is 0 Å². The van der Waals surface area contributed by atoms with Crippen LogP contribution in [0.25, 0.3) is 0 Å². The summed E-state index contributed by atoms with van der Waals surface area (Å²) in [7, 11) is -3.81. The van der Waals surface area contributed by atoms with E-state index in [9.17, 15) is 8.42 Å². The van der Waals surface area contributed by atoms with Gasteiger partial charge in [-0.3, -0.25) is 4.72 Å². The second-order valence-corrected chi connectivity index (χ2v) is 7.77. The van der Waals surface area contributed by atoms with Crippen molar-refractivity contribution >= 4 is 50.2 Å². The molecular formula is C13H9Cl2NO3S2. The van der Waals surface area contributed by atoms with Gasteiger partial charge in [0.1, 0.15) is 15.8 Å². The number of thiophene rings is 1. The Labute approximate surface area is 136 Å². The van der Waals surface area contributed by atoms with Crippen molar-refractivity contribution in [1.82, 2.24) is 0 Å². The molecule has 0 radical (unpaired) electrons. The van der Waals surface area contributed by atoms with Crippen molar-refractivity contribution in [3.63, 3.8) is 0 Å². The van der Waals surface area contributed by atoms with E-state index in [2.05, 4.69) is 16.6 Å². The monoisotopic (exact) mass is 361 g/mol. The Hall–Kier alpha value is -1.23. The highest BCUT2D eigenvalue weighted by molar-refractivity contribution is 7.93. The van der Waals surface area contributed by atoms with Crippen LogP contribution >= 0.6 is 34.5 Å². The number of aliphatic hydroxyl groups is 1. The zero-order chi connectivity index (χ0) is 15.5. The summed E-state index contributed by atoms with van der Waals surface area (Å²) in [4.78, 5) is -0.0639. The number of rotatable bonds is 3. The second kappa shape index (κ2) is 6.69. The Morgan fingerprint density at radius 1 is 1.29 bits per heavy atom. The molecule has 0 aliphatic rings. The highest BCUT2D eigenvalue weighted by Gasteiger charge is 2.21. The van der Waals surface area contributed by atoms with E-state index in [-0.39, 0.29) is 15.8 Å². The third kappa shape index (κ3) is 4.13. The van der Waals surface area contributed by atoms with E-state index >= 15 is 0 Å². The highest BCUT2D eigenvalue weighted by atomic mass is 35.5. The van der Waals surface area contributed by atoms with Crippen molar-refractivity contribution in [2.75, 3.05) is 11.3 Å². The molecule has 0 bridgehead atoms. The average molecular weight is 362 g/mol. The first kappa shape index (κ1) is 16.1. The van der Waals surface area contributed by atoms with Gasteiger partial charge in [0.2, 0.25) is 0 Å². The number of anilines is 1. The minimum absolute atomic E-state index is 0.0639. The summed E-state index contributed by atoms with van der Waals surface area (Å²) in [5.41, 5.74) is 0.928. The van der Waals surface area contributed by atoms with Gasteiger partial charge in [-0.25, -0.2) is 8.42 Å². The molecule has 1 aromatic heterocycles. The van der Waals surface area contributed by atoms with Crippen LogP contribution in [0.3, 0.4) is 0 Å². The number of nitrogens with one attached hydrogen (secondary N) is 1. The van der Waals surface area contributed by atoms with Gasteiger partial charge in [-0.15, -0.1) is 11.3 Å². The number of hydrogen-bond acceptors (Lipinski definition) is 4. The third-order valence-corrected chi connectivity index (χ3v) is 5.48. The molecule has 110 valence electrons. The minimum atomic E-state index is -3.81. The Morgan fingerprint density at radius 2 is 2.05 bits per heavy atom. The lowest BCUT2D eigenvalue weighted by Crippen LogP contribution is -2.12. The second-order valence-electron chi connectivity index (χ2n) is 3.83. The molecule has 4 nitrogen and oxygen atoms in total. The van der Waals surface area contributed by atoms with Crippen molar-refractivity contribution in [2.24, 2.45) is 0 Å². The molecule has 8 heteroatoms. The molecule has 0 aliphatic heterocycles. The summed E-state index contributed by atoms with van der Waals surface area (Å²) in [6, 6.07) is 7.80. The summed E-state index contributed by atoms with van der Waals surface area (Å²) in [5, 5.41) is 8.65. The van der Waals surface area contributed by atoms with Crippen LogP contribution in [0, 0.1) is 11.8 Å². The van der Waals surface area contributed by atoms with E-state index in [1.165, 1.54) is 6.07 Å². The Bertz CT molecular complexity index is 819. The van der Waals surface area contributed by atoms with Crippen molar-refractivity contribution in [3.8, 4) is 11.8 Å². The lowest BCUT2D eigenvalue weighted by molar-refractivity contribution is 0.350. The van der Waals surface area contributed by atoms with Crippen LogP contribution in [0.2, 0.25) is 8.67 Å². The topological polar surface area (TPSA) is 66.4 Å². The van der Waals surface area contributed by atoms with E-state index in [1.807, 2.05) is 0 Å². The SMILES string of the molecule is O=S(=O)(Nc1cccc(C#CCO)c1)c1cc(Cl)sc1Cl. The zero-order valence-electron chi connectivity index (χ0n) is 10.4. The van der Waals surface area contributed by atoms with Gasteiger partial charge in [0, 0.05) is 5.56 Å². The zero-order valence-corrected chi connectivity index (χ0v) is 13.6. The van der Waals surface area contributed by atoms with E-state index in [0.717, 1.165) is 11.3 Å².